The molecule has 0 fully saturated rings. The molecule has 0 atom stereocenters. The first-order valence-electron chi connectivity index (χ1n) is 7.94. The molecule has 0 radical (unpaired) electrons. The summed E-state index contributed by atoms with van der Waals surface area (Å²) in [6.07, 6.45) is 0. The van der Waals surface area contributed by atoms with Crippen LogP contribution in [-0.2, 0) is 0 Å². The fourth-order valence-corrected chi connectivity index (χ4v) is 2.36. The summed E-state index contributed by atoms with van der Waals surface area (Å²) < 4.78 is 0. The van der Waals surface area contributed by atoms with Gasteiger partial charge in [-0.15, -0.1) is 0 Å². The molecule has 0 aromatic heterocycles. The molecule has 0 saturated heterocycles. The van der Waals surface area contributed by atoms with Crippen LogP contribution in [0, 0.1) is 11.8 Å². The van der Waals surface area contributed by atoms with E-state index in [-0.39, 0.29) is 17.2 Å². The van der Waals surface area contributed by atoms with Crippen molar-refractivity contribution in [2.75, 3.05) is 5.32 Å². The smallest absolute Gasteiger partial charge is 0.337 e. The van der Waals surface area contributed by atoms with Gasteiger partial charge in [0.1, 0.15) is 0 Å². The fourth-order valence-electron chi connectivity index (χ4n) is 2.36. The highest BCUT2D eigenvalue weighted by atomic mass is 16.4. The van der Waals surface area contributed by atoms with E-state index in [1.807, 2.05) is 30.3 Å². The fraction of sp³-hybridized carbons (Fsp3) is 0. The molecule has 1 amide bonds. The first-order chi connectivity index (χ1) is 12.6. The number of carbonyl (C=O) groups is 2. The molecule has 0 aliphatic heterocycles. The molecule has 4 heteroatoms. The van der Waals surface area contributed by atoms with Crippen molar-refractivity contribution in [3.63, 3.8) is 0 Å². The quantitative estimate of drug-likeness (QED) is 0.707. The third-order valence-corrected chi connectivity index (χ3v) is 3.66. The first-order valence-corrected chi connectivity index (χ1v) is 7.94. The largest absolute Gasteiger partial charge is 0.478 e. The van der Waals surface area contributed by atoms with Crippen LogP contribution in [0.3, 0.4) is 0 Å². The molecular weight excluding hydrogens is 326 g/mol. The molecule has 0 heterocycles. The zero-order chi connectivity index (χ0) is 18.4. The van der Waals surface area contributed by atoms with Crippen LogP contribution in [0.15, 0.2) is 78.9 Å². The maximum Gasteiger partial charge on any atom is 0.337 e. The number of carbonyl (C=O) groups excluding carboxylic acids is 1. The van der Waals surface area contributed by atoms with Gasteiger partial charge in [0.15, 0.2) is 0 Å². The summed E-state index contributed by atoms with van der Waals surface area (Å²) in [5.41, 5.74) is 2.14. The molecule has 4 nitrogen and oxygen atoms in total. The van der Waals surface area contributed by atoms with Crippen LogP contribution < -0.4 is 5.32 Å². The van der Waals surface area contributed by atoms with E-state index in [4.69, 9.17) is 0 Å². The molecule has 3 rings (SSSR count). The normalized spacial score (nSPS) is 9.69. The minimum Gasteiger partial charge on any atom is -0.478 e. The summed E-state index contributed by atoms with van der Waals surface area (Å²) in [5.74, 6) is 4.51. The Labute approximate surface area is 151 Å². The Morgan fingerprint density at radius 1 is 0.769 bits per heavy atom. The second-order valence-electron chi connectivity index (χ2n) is 5.50. The molecule has 0 aliphatic carbocycles. The highest BCUT2D eigenvalue weighted by Crippen LogP contribution is 2.19. The third kappa shape index (κ3) is 4.16. The van der Waals surface area contributed by atoms with Gasteiger partial charge in [0, 0.05) is 16.7 Å². The molecule has 2 N–H and O–H groups in total. The average Bonchev–Trinajstić information content (AvgIpc) is 2.68. The minimum atomic E-state index is -1.11. The Bertz CT molecular complexity index is 1000. The third-order valence-electron chi connectivity index (χ3n) is 3.66. The second kappa shape index (κ2) is 7.82. The van der Waals surface area contributed by atoms with Gasteiger partial charge in [-0.05, 0) is 42.5 Å². The van der Waals surface area contributed by atoms with Crippen molar-refractivity contribution in [2.45, 2.75) is 0 Å². The lowest BCUT2D eigenvalue weighted by molar-refractivity contribution is 0.0698. The number of benzene rings is 3. The first kappa shape index (κ1) is 17.0. The lowest BCUT2D eigenvalue weighted by Crippen LogP contribution is -2.14. The predicted molar refractivity (Wildman–Crippen MR) is 100 cm³/mol. The van der Waals surface area contributed by atoms with E-state index < -0.39 is 5.97 Å². The minimum absolute atomic E-state index is 0.0135. The highest BCUT2D eigenvalue weighted by Gasteiger charge is 2.14. The number of hydrogen-bond acceptors (Lipinski definition) is 2. The number of anilines is 1. The van der Waals surface area contributed by atoms with Gasteiger partial charge in [0.05, 0.1) is 11.3 Å². The van der Waals surface area contributed by atoms with Gasteiger partial charge in [0.2, 0.25) is 0 Å². The van der Waals surface area contributed by atoms with Crippen LogP contribution in [0.4, 0.5) is 5.69 Å². The van der Waals surface area contributed by atoms with Crippen LogP contribution >= 0.6 is 0 Å². The number of hydrogen-bond donors (Lipinski definition) is 2. The van der Waals surface area contributed by atoms with E-state index in [2.05, 4.69) is 17.2 Å². The van der Waals surface area contributed by atoms with E-state index in [1.54, 1.807) is 42.5 Å². The number of carboxylic acid groups (broad SMARTS) is 1. The molecule has 3 aromatic carbocycles. The molecule has 0 saturated carbocycles. The monoisotopic (exact) mass is 341 g/mol. The summed E-state index contributed by atoms with van der Waals surface area (Å²) in [5, 5.41) is 12.0. The molecule has 0 bridgehead atoms. The molecule has 126 valence electrons. The number of carboxylic acids is 1. The summed E-state index contributed by atoms with van der Waals surface area (Å²) in [7, 11) is 0. The summed E-state index contributed by atoms with van der Waals surface area (Å²) >= 11 is 0. The number of amides is 1. The van der Waals surface area contributed by atoms with Crippen LogP contribution in [-0.4, -0.2) is 17.0 Å². The van der Waals surface area contributed by atoms with Crippen LogP contribution in [0.1, 0.15) is 31.8 Å². The second-order valence-corrected chi connectivity index (χ2v) is 5.50. The van der Waals surface area contributed by atoms with Crippen molar-refractivity contribution in [3.05, 3.63) is 101 Å². The number of aromatic carboxylic acids is 1. The lowest BCUT2D eigenvalue weighted by Gasteiger charge is -2.09. The van der Waals surface area contributed by atoms with Crippen molar-refractivity contribution in [3.8, 4) is 11.8 Å². The molecule has 0 unspecified atom stereocenters. The highest BCUT2D eigenvalue weighted by molar-refractivity contribution is 6.07. The van der Waals surface area contributed by atoms with Crippen molar-refractivity contribution >= 4 is 17.6 Å². The van der Waals surface area contributed by atoms with Gasteiger partial charge >= 0.3 is 5.97 Å². The van der Waals surface area contributed by atoms with E-state index in [1.165, 1.54) is 6.07 Å². The predicted octanol–water partition coefficient (Wildman–Crippen LogP) is 4.04. The van der Waals surface area contributed by atoms with Gasteiger partial charge in [-0.1, -0.05) is 48.2 Å². The molecule has 3 aromatic rings. The zero-order valence-electron chi connectivity index (χ0n) is 13.8. The Morgan fingerprint density at radius 3 is 2.04 bits per heavy atom. The maximum atomic E-state index is 12.3. The van der Waals surface area contributed by atoms with Crippen molar-refractivity contribution < 1.29 is 14.7 Å². The molecular formula is C22H15NO3. The molecule has 0 spiro atoms. The van der Waals surface area contributed by atoms with Crippen molar-refractivity contribution in [1.82, 2.24) is 0 Å². The van der Waals surface area contributed by atoms with Crippen molar-refractivity contribution in [1.29, 1.82) is 0 Å². The summed E-state index contributed by atoms with van der Waals surface area (Å²) in [6.45, 7) is 0. The molecule has 26 heavy (non-hydrogen) atoms. The van der Waals surface area contributed by atoms with Gasteiger partial charge in [-0.3, -0.25) is 4.79 Å². The molecule has 0 aliphatic rings. The average molecular weight is 341 g/mol. The van der Waals surface area contributed by atoms with Crippen LogP contribution in [0.2, 0.25) is 0 Å². The van der Waals surface area contributed by atoms with E-state index in [0.29, 0.717) is 11.1 Å². The van der Waals surface area contributed by atoms with Crippen molar-refractivity contribution in [2.24, 2.45) is 0 Å². The Kier molecular flexibility index (Phi) is 5.11. The van der Waals surface area contributed by atoms with Crippen LogP contribution in [0.25, 0.3) is 0 Å². The summed E-state index contributed by atoms with van der Waals surface area (Å²) in [6, 6.07) is 22.7. The Balaban J connectivity index is 1.91. The van der Waals surface area contributed by atoms with E-state index in [9.17, 15) is 14.7 Å². The SMILES string of the molecule is O=C(Nc1cc(C#Cc2ccccc2)ccc1C(=O)O)c1ccccc1. The van der Waals surface area contributed by atoms with Crippen LogP contribution in [0.5, 0.6) is 0 Å². The van der Waals surface area contributed by atoms with E-state index in [0.717, 1.165) is 5.56 Å². The Hall–Kier alpha value is -3.84. The standard InChI is InChI=1S/C22H15NO3/c24-21(18-9-5-2-6-10-18)23-20-15-17(13-14-19(20)22(25)26)12-11-16-7-3-1-4-8-16/h1-10,13-15H,(H,23,24)(H,25,26). The van der Waals surface area contributed by atoms with Gasteiger partial charge in [0.25, 0.3) is 5.91 Å². The maximum absolute atomic E-state index is 12.3. The van der Waals surface area contributed by atoms with Gasteiger partial charge < -0.3 is 10.4 Å². The zero-order valence-corrected chi connectivity index (χ0v) is 13.8. The van der Waals surface area contributed by atoms with Gasteiger partial charge in [-0.2, -0.15) is 0 Å². The van der Waals surface area contributed by atoms with E-state index >= 15 is 0 Å². The lowest BCUT2D eigenvalue weighted by atomic mass is 10.1. The van der Waals surface area contributed by atoms with Gasteiger partial charge in [-0.25, -0.2) is 4.79 Å². The number of nitrogens with one attached hydrogen (secondary N) is 1. The topological polar surface area (TPSA) is 66.4 Å². The number of rotatable bonds is 3. The Morgan fingerprint density at radius 2 is 1.38 bits per heavy atom. The summed E-state index contributed by atoms with van der Waals surface area (Å²) in [4.78, 5) is 23.8.